The first-order chi connectivity index (χ1) is 8.34. The molecule has 0 aliphatic rings. The van der Waals surface area contributed by atoms with Gasteiger partial charge in [-0.3, -0.25) is 4.79 Å². The highest BCUT2D eigenvalue weighted by Gasteiger charge is 2.25. The van der Waals surface area contributed by atoms with E-state index < -0.39 is 5.54 Å². The molecule has 0 aliphatic carbocycles. The second-order valence-corrected chi connectivity index (χ2v) is 5.45. The minimum atomic E-state index is -0.809. The highest BCUT2D eigenvalue weighted by Crippen LogP contribution is 2.11. The largest absolute Gasteiger partial charge is 0.340 e. The summed E-state index contributed by atoms with van der Waals surface area (Å²) in [7, 11) is 1.79. The third-order valence-corrected chi connectivity index (χ3v) is 2.88. The molecule has 1 aromatic carbocycles. The fraction of sp³-hybridized carbons (Fsp3) is 0.533. The molecule has 100 valence electrons. The van der Waals surface area contributed by atoms with E-state index in [1.807, 2.05) is 0 Å². The molecule has 0 saturated carbocycles. The van der Waals surface area contributed by atoms with Crippen molar-refractivity contribution < 1.29 is 4.79 Å². The van der Waals surface area contributed by atoms with Gasteiger partial charge >= 0.3 is 0 Å². The molecule has 0 aromatic heterocycles. The van der Waals surface area contributed by atoms with Crippen molar-refractivity contribution in [2.45, 2.75) is 45.7 Å². The topological polar surface area (TPSA) is 46.3 Å². The average molecular weight is 248 g/mol. The summed E-state index contributed by atoms with van der Waals surface area (Å²) in [5, 5.41) is 0. The van der Waals surface area contributed by atoms with Crippen molar-refractivity contribution in [1.29, 1.82) is 0 Å². The van der Waals surface area contributed by atoms with Gasteiger partial charge in [0.2, 0.25) is 5.91 Å². The van der Waals surface area contributed by atoms with E-state index >= 15 is 0 Å². The smallest absolute Gasteiger partial charge is 0.242 e. The molecular weight excluding hydrogens is 224 g/mol. The SMILES string of the molecule is CCCc1ccc(CN(C)C(=O)C(C)(C)N)cc1. The lowest BCUT2D eigenvalue weighted by Gasteiger charge is -2.26. The summed E-state index contributed by atoms with van der Waals surface area (Å²) in [5.74, 6) is -0.0415. The van der Waals surface area contributed by atoms with Crippen LogP contribution in [0.3, 0.4) is 0 Å². The molecule has 0 radical (unpaired) electrons. The maximum atomic E-state index is 11.9. The highest BCUT2D eigenvalue weighted by atomic mass is 16.2. The van der Waals surface area contributed by atoms with Gasteiger partial charge < -0.3 is 10.6 Å². The summed E-state index contributed by atoms with van der Waals surface area (Å²) in [6.45, 7) is 6.24. The number of carbonyl (C=O) groups excluding carboxylic acids is 1. The minimum absolute atomic E-state index is 0.0415. The number of rotatable bonds is 5. The predicted molar refractivity (Wildman–Crippen MR) is 75.2 cm³/mol. The average Bonchev–Trinajstić information content (AvgIpc) is 2.30. The van der Waals surface area contributed by atoms with E-state index in [-0.39, 0.29) is 5.91 Å². The first-order valence-corrected chi connectivity index (χ1v) is 6.47. The number of aryl methyl sites for hydroxylation is 1. The number of benzene rings is 1. The van der Waals surface area contributed by atoms with Crippen LogP contribution in [0.15, 0.2) is 24.3 Å². The molecule has 0 heterocycles. The standard InChI is InChI=1S/C15H24N2O/c1-5-6-12-7-9-13(10-8-12)11-17(4)14(18)15(2,3)16/h7-10H,5-6,11,16H2,1-4H3. The highest BCUT2D eigenvalue weighted by molar-refractivity contribution is 5.84. The first kappa shape index (κ1) is 14.7. The normalized spacial score (nSPS) is 11.4. The Hall–Kier alpha value is -1.35. The summed E-state index contributed by atoms with van der Waals surface area (Å²) < 4.78 is 0. The third-order valence-electron chi connectivity index (χ3n) is 2.88. The van der Waals surface area contributed by atoms with Crippen molar-refractivity contribution >= 4 is 5.91 Å². The molecule has 0 saturated heterocycles. The fourth-order valence-electron chi connectivity index (χ4n) is 1.94. The Balaban J connectivity index is 2.65. The third kappa shape index (κ3) is 4.15. The number of likely N-dealkylation sites (N-methyl/N-ethyl adjacent to an activating group) is 1. The van der Waals surface area contributed by atoms with Crippen LogP contribution in [0.5, 0.6) is 0 Å². The molecule has 1 rings (SSSR count). The van der Waals surface area contributed by atoms with Gasteiger partial charge in [0.15, 0.2) is 0 Å². The van der Waals surface area contributed by atoms with Crippen LogP contribution in [0.2, 0.25) is 0 Å². The quantitative estimate of drug-likeness (QED) is 0.869. The summed E-state index contributed by atoms with van der Waals surface area (Å²) in [5.41, 5.74) is 7.47. The van der Waals surface area contributed by atoms with E-state index in [1.54, 1.807) is 25.8 Å². The molecule has 0 bridgehead atoms. The monoisotopic (exact) mass is 248 g/mol. The van der Waals surface area contributed by atoms with Crippen molar-refractivity contribution in [3.8, 4) is 0 Å². The van der Waals surface area contributed by atoms with Gasteiger partial charge in [-0.25, -0.2) is 0 Å². The van der Waals surface area contributed by atoms with E-state index in [2.05, 4.69) is 31.2 Å². The molecule has 1 aromatic rings. The lowest BCUT2D eigenvalue weighted by Crippen LogP contribution is -2.49. The first-order valence-electron chi connectivity index (χ1n) is 6.47. The molecule has 0 unspecified atom stereocenters. The summed E-state index contributed by atoms with van der Waals surface area (Å²) in [6, 6.07) is 8.42. The Bertz CT molecular complexity index is 390. The zero-order valence-electron chi connectivity index (χ0n) is 11.9. The van der Waals surface area contributed by atoms with Gasteiger partial charge in [-0.2, -0.15) is 0 Å². The Morgan fingerprint density at radius 3 is 2.17 bits per heavy atom. The van der Waals surface area contributed by atoms with Gasteiger partial charge in [0, 0.05) is 13.6 Å². The minimum Gasteiger partial charge on any atom is -0.340 e. The van der Waals surface area contributed by atoms with Gasteiger partial charge in [-0.1, -0.05) is 37.6 Å². The van der Waals surface area contributed by atoms with Gasteiger partial charge in [0.1, 0.15) is 0 Å². The van der Waals surface area contributed by atoms with E-state index in [4.69, 9.17) is 5.73 Å². The Morgan fingerprint density at radius 2 is 1.72 bits per heavy atom. The second-order valence-electron chi connectivity index (χ2n) is 5.45. The molecule has 2 N–H and O–H groups in total. The predicted octanol–water partition coefficient (Wildman–Crippen LogP) is 2.33. The van der Waals surface area contributed by atoms with Gasteiger partial charge in [0.05, 0.1) is 5.54 Å². The molecular formula is C15H24N2O. The fourth-order valence-corrected chi connectivity index (χ4v) is 1.94. The number of nitrogens with two attached hydrogens (primary N) is 1. The van der Waals surface area contributed by atoms with Crippen LogP contribution in [0, 0.1) is 0 Å². The van der Waals surface area contributed by atoms with Gasteiger partial charge in [0.25, 0.3) is 0 Å². The maximum Gasteiger partial charge on any atom is 0.242 e. The van der Waals surface area contributed by atoms with Crippen molar-refractivity contribution in [2.24, 2.45) is 5.73 Å². The molecule has 3 heteroatoms. The molecule has 0 aliphatic heterocycles. The Kier molecular flexibility index (Phi) is 4.91. The Labute approximate surface area is 110 Å². The van der Waals surface area contributed by atoms with Crippen LogP contribution in [0.4, 0.5) is 0 Å². The zero-order valence-corrected chi connectivity index (χ0v) is 11.9. The van der Waals surface area contributed by atoms with Crippen LogP contribution in [-0.2, 0) is 17.8 Å². The lowest BCUT2D eigenvalue weighted by molar-refractivity contribution is -0.134. The second kappa shape index (κ2) is 6.01. The molecule has 0 fully saturated rings. The zero-order chi connectivity index (χ0) is 13.8. The molecule has 3 nitrogen and oxygen atoms in total. The summed E-state index contributed by atoms with van der Waals surface area (Å²) in [6.07, 6.45) is 2.25. The summed E-state index contributed by atoms with van der Waals surface area (Å²) >= 11 is 0. The molecule has 1 amide bonds. The number of hydrogen-bond acceptors (Lipinski definition) is 2. The number of carbonyl (C=O) groups is 1. The molecule has 18 heavy (non-hydrogen) atoms. The van der Waals surface area contributed by atoms with Crippen molar-refractivity contribution in [3.05, 3.63) is 35.4 Å². The number of nitrogens with zero attached hydrogens (tertiary/aromatic N) is 1. The van der Waals surface area contributed by atoms with Crippen LogP contribution < -0.4 is 5.73 Å². The van der Waals surface area contributed by atoms with E-state index in [9.17, 15) is 4.79 Å². The van der Waals surface area contributed by atoms with Crippen molar-refractivity contribution in [1.82, 2.24) is 4.90 Å². The number of amides is 1. The maximum absolute atomic E-state index is 11.9. The van der Waals surface area contributed by atoms with Crippen LogP contribution in [0.1, 0.15) is 38.3 Å². The molecule has 0 atom stereocenters. The van der Waals surface area contributed by atoms with Crippen LogP contribution >= 0.6 is 0 Å². The lowest BCUT2D eigenvalue weighted by atomic mass is 10.0. The van der Waals surface area contributed by atoms with Crippen LogP contribution in [-0.4, -0.2) is 23.4 Å². The van der Waals surface area contributed by atoms with E-state index in [1.165, 1.54) is 5.56 Å². The van der Waals surface area contributed by atoms with Crippen LogP contribution in [0.25, 0.3) is 0 Å². The number of hydrogen-bond donors (Lipinski definition) is 1. The van der Waals surface area contributed by atoms with Gasteiger partial charge in [-0.15, -0.1) is 0 Å². The Morgan fingerprint density at radius 1 is 1.22 bits per heavy atom. The van der Waals surface area contributed by atoms with Gasteiger partial charge in [-0.05, 0) is 31.4 Å². The van der Waals surface area contributed by atoms with E-state index in [0.717, 1.165) is 18.4 Å². The molecule has 0 spiro atoms. The van der Waals surface area contributed by atoms with Crippen molar-refractivity contribution in [2.75, 3.05) is 7.05 Å². The van der Waals surface area contributed by atoms with E-state index in [0.29, 0.717) is 6.54 Å². The van der Waals surface area contributed by atoms with Crippen molar-refractivity contribution in [3.63, 3.8) is 0 Å². The summed E-state index contributed by atoms with van der Waals surface area (Å²) in [4.78, 5) is 13.6.